The smallest absolute Gasteiger partial charge is 0 e. The Morgan fingerprint density at radius 3 is 2.37 bits per heavy atom. The van der Waals surface area contributed by atoms with Crippen molar-refractivity contribution in [3.8, 4) is 0 Å². The predicted molar refractivity (Wildman–Crippen MR) is 92.4 cm³/mol. The summed E-state index contributed by atoms with van der Waals surface area (Å²) in [6.07, 6.45) is 11.0. The molecule has 0 spiro atoms. The minimum atomic E-state index is -1.64. The Balaban J connectivity index is -0.00000108. The van der Waals surface area contributed by atoms with Gasteiger partial charge in [-0.15, -0.1) is 0 Å². The first-order valence-corrected chi connectivity index (χ1v) is 15.5. The summed E-state index contributed by atoms with van der Waals surface area (Å²) in [5.41, 5.74) is 1.62. The zero-order valence-electron chi connectivity index (χ0n) is 16.6. The molecule has 2 atom stereocenters. The number of allylic oxidation sites excluding steroid dienone is 3. The van der Waals surface area contributed by atoms with Crippen molar-refractivity contribution < 1.29 is 112 Å². The molecule has 0 fully saturated rings. The molecule has 153 valence electrons. The van der Waals surface area contributed by atoms with Gasteiger partial charge in [0.15, 0.2) is 0 Å². The molecule has 0 saturated carbocycles. The van der Waals surface area contributed by atoms with Crippen molar-refractivity contribution in [2.75, 3.05) is 4.12 Å². The number of carbonyl (C=O) groups excluding carboxylic acids is 3. The number of carbonyl (C=O) groups is 2. The van der Waals surface area contributed by atoms with E-state index in [1.165, 1.54) is 13.2 Å². The second kappa shape index (κ2) is 20.4. The SMILES string of the molecule is C[C-]=O.C[CH-][CH](OC(=O)C1[CH-]CC=CC1)[Hg][CH2]OC(=O)C(C)=C(C)C.[Hf].[Ho]. The van der Waals surface area contributed by atoms with Crippen molar-refractivity contribution in [3.05, 3.63) is 36.1 Å². The van der Waals surface area contributed by atoms with Crippen molar-refractivity contribution in [2.24, 2.45) is 5.92 Å². The van der Waals surface area contributed by atoms with E-state index in [0.29, 0.717) is 9.69 Å². The monoisotopic (exact) mass is 882 g/mol. The molecule has 0 aliphatic heterocycles. The van der Waals surface area contributed by atoms with Crippen LogP contribution in [0.15, 0.2) is 23.3 Å². The molecule has 1 radical (unpaired) electrons. The Bertz CT molecular complexity index is 504. The van der Waals surface area contributed by atoms with Crippen LogP contribution in [0.1, 0.15) is 47.5 Å². The molecule has 0 N–H and O–H groups in total. The summed E-state index contributed by atoms with van der Waals surface area (Å²) >= 11 is -1.64. The first-order chi connectivity index (χ1) is 11.9. The van der Waals surface area contributed by atoms with Crippen LogP contribution in [0.3, 0.4) is 0 Å². The van der Waals surface area contributed by atoms with Crippen LogP contribution in [-0.4, -0.2) is 26.0 Å². The topological polar surface area (TPSA) is 69.7 Å². The summed E-state index contributed by atoms with van der Waals surface area (Å²) in [7, 11) is 0. The molecular weight excluding hydrogens is 852 g/mol. The van der Waals surface area contributed by atoms with Crippen LogP contribution in [0.2, 0.25) is 0 Å². The van der Waals surface area contributed by atoms with Crippen LogP contribution in [0.5, 0.6) is 0 Å². The normalized spacial score (nSPS) is 15.2. The minimum Gasteiger partial charge on any atom is 0 e. The van der Waals surface area contributed by atoms with Crippen LogP contribution in [0.25, 0.3) is 0 Å². The fraction of sp³-hybridized carbons (Fsp3) is 0.526. The molecular formula is C19H27HfHgHoO5-3. The number of hydrogen-bond donors (Lipinski definition) is 0. The number of ether oxygens (including phenoxy) is 2. The van der Waals surface area contributed by atoms with E-state index in [2.05, 4.69) is 6.08 Å². The second-order valence-corrected chi connectivity index (χ2v) is 12.8. The van der Waals surface area contributed by atoms with E-state index in [0.717, 1.165) is 18.4 Å². The summed E-state index contributed by atoms with van der Waals surface area (Å²) in [6.45, 7) is 8.76. The van der Waals surface area contributed by atoms with Gasteiger partial charge in [-0.25, -0.2) is 0 Å². The van der Waals surface area contributed by atoms with E-state index in [4.69, 9.17) is 14.3 Å². The molecule has 0 bridgehead atoms. The van der Waals surface area contributed by atoms with Crippen LogP contribution >= 0.6 is 0 Å². The van der Waals surface area contributed by atoms with E-state index in [1.54, 1.807) is 6.92 Å². The average Bonchev–Trinajstić information content (AvgIpc) is 2.61. The first-order valence-electron chi connectivity index (χ1n) is 8.45. The Hall–Kier alpha value is 1.15. The van der Waals surface area contributed by atoms with E-state index >= 15 is 0 Å². The Morgan fingerprint density at radius 2 is 1.93 bits per heavy atom. The van der Waals surface area contributed by atoms with Gasteiger partial charge in [-0.1, -0.05) is 0 Å². The fourth-order valence-electron chi connectivity index (χ4n) is 1.98. The third-order valence-corrected chi connectivity index (χ3v) is 10.1. The molecule has 27 heavy (non-hydrogen) atoms. The Labute approximate surface area is 224 Å². The predicted octanol–water partition coefficient (Wildman–Crippen LogP) is 3.30. The molecule has 0 saturated heterocycles. The van der Waals surface area contributed by atoms with Crippen molar-refractivity contribution in [1.82, 2.24) is 0 Å². The van der Waals surface area contributed by atoms with Crippen LogP contribution in [-0.2, 0) is 74.3 Å². The maximum absolute atomic E-state index is 12.1. The molecule has 0 aromatic carbocycles. The molecule has 5 nitrogen and oxygen atoms in total. The quantitative estimate of drug-likeness (QED) is 0.129. The van der Waals surface area contributed by atoms with Crippen molar-refractivity contribution in [3.63, 3.8) is 0 Å². The largest absolute Gasteiger partial charge is 0 e. The maximum Gasteiger partial charge on any atom is 0 e. The summed E-state index contributed by atoms with van der Waals surface area (Å²) < 4.78 is 11.2. The van der Waals surface area contributed by atoms with Crippen LogP contribution in [0.4, 0.5) is 0 Å². The molecule has 0 heterocycles. The minimum absolute atomic E-state index is 0. The van der Waals surface area contributed by atoms with Crippen molar-refractivity contribution in [2.45, 2.75) is 51.1 Å². The molecule has 0 aromatic rings. The van der Waals surface area contributed by atoms with Gasteiger partial charge in [0.1, 0.15) is 0 Å². The van der Waals surface area contributed by atoms with E-state index in [-0.39, 0.29) is 85.1 Å². The number of rotatable bonds is 7. The van der Waals surface area contributed by atoms with Gasteiger partial charge >= 0.3 is 146 Å². The van der Waals surface area contributed by atoms with Gasteiger partial charge in [0.2, 0.25) is 0 Å². The Morgan fingerprint density at radius 1 is 1.33 bits per heavy atom. The zero-order valence-corrected chi connectivity index (χ0v) is 27.7. The van der Waals surface area contributed by atoms with Crippen molar-refractivity contribution >= 4 is 18.2 Å². The first kappa shape index (κ1) is 32.8. The van der Waals surface area contributed by atoms with Gasteiger partial charge in [-0.2, -0.15) is 6.92 Å². The summed E-state index contributed by atoms with van der Waals surface area (Å²) in [4.78, 5) is 32.5. The summed E-state index contributed by atoms with van der Waals surface area (Å²) in [5, 5.41) is 0. The Kier molecular flexibility index (Phi) is 24.8. The van der Waals surface area contributed by atoms with Gasteiger partial charge in [0, 0.05) is 63.6 Å². The van der Waals surface area contributed by atoms with E-state index < -0.39 is 24.6 Å². The van der Waals surface area contributed by atoms with Gasteiger partial charge in [0.05, 0.1) is 0 Å². The molecule has 1 rings (SSSR count). The van der Waals surface area contributed by atoms with E-state index in [9.17, 15) is 9.59 Å². The molecule has 8 heteroatoms. The standard InChI is InChI=1S/C10H13O2.C7H11O2.C2H3O.Hf.Hg.Ho/c1-2-8-12-10(11)9-6-4-3-5-7-9;1-5(2)6(3)7(8)9-4;1-2-3;;;/h2-4,7-9H,5-6H2,1H3;4H2,1-3H3;1H3;;;/q-2;;-1;;;. The van der Waals surface area contributed by atoms with Gasteiger partial charge in [-0.3, -0.25) is 6.29 Å². The second-order valence-electron chi connectivity index (χ2n) is 5.85. The van der Waals surface area contributed by atoms with Crippen LogP contribution in [0, 0.1) is 56.5 Å². The number of esters is 2. The molecule has 1 aliphatic carbocycles. The zero-order chi connectivity index (χ0) is 19.2. The third-order valence-electron chi connectivity index (χ3n) is 3.75. The average molecular weight is 879 g/mol. The summed E-state index contributed by atoms with van der Waals surface area (Å²) in [6, 6.07) is 0. The van der Waals surface area contributed by atoms with Gasteiger partial charge in [-0.05, 0) is 0 Å². The number of hydrogen-bond acceptors (Lipinski definition) is 5. The van der Waals surface area contributed by atoms with E-state index in [1.807, 2.05) is 39.7 Å². The summed E-state index contributed by atoms with van der Waals surface area (Å²) in [5.74, 6) is -0.539. The molecule has 0 amide bonds. The maximum atomic E-state index is 12.1. The molecule has 0 aromatic heterocycles. The fourth-order valence-corrected chi connectivity index (χ4v) is 6.46. The third kappa shape index (κ3) is 15.6. The molecule has 2 unspecified atom stereocenters. The van der Waals surface area contributed by atoms with Gasteiger partial charge in [0.25, 0.3) is 0 Å². The van der Waals surface area contributed by atoms with Crippen LogP contribution < -0.4 is 0 Å². The van der Waals surface area contributed by atoms with Crippen molar-refractivity contribution in [1.29, 1.82) is 0 Å². The van der Waals surface area contributed by atoms with Gasteiger partial charge < -0.3 is 4.79 Å². The molecule has 1 aliphatic rings.